The van der Waals surface area contributed by atoms with Crippen LogP contribution < -0.4 is 0 Å². The highest BCUT2D eigenvalue weighted by Gasteiger charge is 2.33. The van der Waals surface area contributed by atoms with Gasteiger partial charge in [-0.3, -0.25) is 19.6 Å². The fourth-order valence-corrected chi connectivity index (χ4v) is 4.54. The first kappa shape index (κ1) is 20.2. The molecule has 1 amide bonds. The van der Waals surface area contributed by atoms with Gasteiger partial charge in [-0.2, -0.15) is 0 Å². The van der Waals surface area contributed by atoms with Crippen molar-refractivity contribution in [1.82, 2.24) is 19.7 Å². The Morgan fingerprint density at radius 1 is 1.30 bits per heavy atom. The molecule has 0 radical (unpaired) electrons. The third kappa shape index (κ3) is 5.50. The van der Waals surface area contributed by atoms with E-state index in [1.165, 1.54) is 18.4 Å². The van der Waals surface area contributed by atoms with Crippen molar-refractivity contribution < 1.29 is 9.90 Å². The molecule has 6 nitrogen and oxygen atoms in total. The zero-order valence-corrected chi connectivity index (χ0v) is 16.6. The van der Waals surface area contributed by atoms with Gasteiger partial charge in [0.15, 0.2) is 0 Å². The molecule has 1 aromatic rings. The predicted molar refractivity (Wildman–Crippen MR) is 106 cm³/mol. The monoisotopic (exact) mass is 374 g/mol. The molecule has 2 aliphatic heterocycles. The Morgan fingerprint density at radius 2 is 2.11 bits per heavy atom. The number of aliphatic hydroxyl groups excluding tert-OH is 1. The minimum absolute atomic E-state index is 0.0470. The van der Waals surface area contributed by atoms with E-state index < -0.39 is 0 Å². The summed E-state index contributed by atoms with van der Waals surface area (Å²) >= 11 is 0. The maximum atomic E-state index is 12.8. The number of aliphatic hydroxyl groups is 1. The van der Waals surface area contributed by atoms with Crippen LogP contribution in [0.1, 0.15) is 38.2 Å². The molecule has 1 atom stereocenters. The van der Waals surface area contributed by atoms with Crippen molar-refractivity contribution in [2.45, 2.75) is 45.2 Å². The molecule has 3 heterocycles. The first-order valence-electron chi connectivity index (χ1n) is 10.5. The summed E-state index contributed by atoms with van der Waals surface area (Å²) < 4.78 is 0. The van der Waals surface area contributed by atoms with Crippen molar-refractivity contribution in [1.29, 1.82) is 0 Å². The molecule has 0 aliphatic carbocycles. The van der Waals surface area contributed by atoms with Crippen LogP contribution in [-0.4, -0.2) is 82.6 Å². The molecular weight excluding hydrogens is 340 g/mol. The molecule has 2 saturated heterocycles. The van der Waals surface area contributed by atoms with Gasteiger partial charge in [0, 0.05) is 44.6 Å². The average molecular weight is 375 g/mol. The quantitative estimate of drug-likeness (QED) is 0.786. The zero-order valence-electron chi connectivity index (χ0n) is 16.6. The highest BCUT2D eigenvalue weighted by Crippen LogP contribution is 2.25. The number of likely N-dealkylation sites (N-methyl/N-ethyl adjacent to an activating group) is 1. The van der Waals surface area contributed by atoms with E-state index in [0.29, 0.717) is 19.1 Å². The van der Waals surface area contributed by atoms with Gasteiger partial charge in [0.1, 0.15) is 0 Å². The Balaban J connectivity index is 1.48. The van der Waals surface area contributed by atoms with Gasteiger partial charge in [0.25, 0.3) is 0 Å². The van der Waals surface area contributed by atoms with Crippen LogP contribution in [0.15, 0.2) is 24.5 Å². The van der Waals surface area contributed by atoms with Crippen molar-refractivity contribution in [3.8, 4) is 0 Å². The zero-order chi connectivity index (χ0) is 19.1. The Morgan fingerprint density at radius 3 is 2.78 bits per heavy atom. The first-order chi connectivity index (χ1) is 13.2. The molecule has 0 unspecified atom stereocenters. The van der Waals surface area contributed by atoms with Crippen LogP contribution in [0.5, 0.6) is 0 Å². The standard InChI is InChI=1S/C21H34N4O2/c1-2-24(13-14-26)21(27)19-6-4-10-25(17-19)20-7-11-23(12-8-20)16-18-5-3-9-22-15-18/h3,5,9,15,19-20,26H,2,4,6-8,10-14,16-17H2,1H3/t19-/m0/s1. The molecule has 150 valence electrons. The molecule has 6 heteroatoms. The Labute approximate surface area is 163 Å². The third-order valence-electron chi connectivity index (χ3n) is 6.07. The van der Waals surface area contributed by atoms with Gasteiger partial charge in [-0.1, -0.05) is 6.07 Å². The van der Waals surface area contributed by atoms with Gasteiger partial charge < -0.3 is 10.0 Å². The first-order valence-corrected chi connectivity index (χ1v) is 10.5. The average Bonchev–Trinajstić information content (AvgIpc) is 2.73. The van der Waals surface area contributed by atoms with E-state index in [4.69, 9.17) is 0 Å². The normalized spacial score (nSPS) is 22.7. The number of aromatic nitrogens is 1. The van der Waals surface area contributed by atoms with Crippen LogP contribution >= 0.6 is 0 Å². The van der Waals surface area contributed by atoms with Crippen LogP contribution in [0.2, 0.25) is 0 Å². The van der Waals surface area contributed by atoms with Crippen molar-refractivity contribution in [2.75, 3.05) is 45.9 Å². The largest absolute Gasteiger partial charge is 0.395 e. The van der Waals surface area contributed by atoms with E-state index >= 15 is 0 Å². The summed E-state index contributed by atoms with van der Waals surface area (Å²) in [6.45, 7) is 8.38. The number of amides is 1. The Hall–Kier alpha value is -1.50. The highest BCUT2D eigenvalue weighted by molar-refractivity contribution is 5.79. The molecule has 1 N–H and O–H groups in total. The van der Waals surface area contributed by atoms with E-state index in [1.54, 1.807) is 0 Å². The summed E-state index contributed by atoms with van der Waals surface area (Å²) in [5.41, 5.74) is 1.28. The van der Waals surface area contributed by atoms with E-state index in [1.807, 2.05) is 30.3 Å². The highest BCUT2D eigenvalue weighted by atomic mass is 16.3. The van der Waals surface area contributed by atoms with E-state index in [-0.39, 0.29) is 18.4 Å². The second kappa shape index (κ2) is 10.2. The summed E-state index contributed by atoms with van der Waals surface area (Å²) in [6.07, 6.45) is 8.22. The smallest absolute Gasteiger partial charge is 0.227 e. The maximum Gasteiger partial charge on any atom is 0.227 e. The van der Waals surface area contributed by atoms with Crippen LogP contribution in [-0.2, 0) is 11.3 Å². The topological polar surface area (TPSA) is 59.9 Å². The summed E-state index contributed by atoms with van der Waals surface area (Å²) in [7, 11) is 0. The van der Waals surface area contributed by atoms with Crippen LogP contribution in [0.4, 0.5) is 0 Å². The number of rotatable bonds is 7. The second-order valence-corrected chi connectivity index (χ2v) is 7.84. The van der Waals surface area contributed by atoms with Gasteiger partial charge >= 0.3 is 0 Å². The molecule has 27 heavy (non-hydrogen) atoms. The number of hydrogen-bond donors (Lipinski definition) is 1. The van der Waals surface area contributed by atoms with Crippen LogP contribution in [0.3, 0.4) is 0 Å². The molecule has 2 fully saturated rings. The number of piperidine rings is 2. The Bertz CT molecular complexity index is 575. The van der Waals surface area contributed by atoms with Gasteiger partial charge in [-0.15, -0.1) is 0 Å². The summed E-state index contributed by atoms with van der Waals surface area (Å²) in [5, 5.41) is 9.19. The summed E-state index contributed by atoms with van der Waals surface area (Å²) in [5.74, 6) is 0.323. The van der Waals surface area contributed by atoms with Gasteiger partial charge in [-0.05, 0) is 63.9 Å². The minimum atomic E-state index is 0.0470. The number of pyridine rings is 1. The predicted octanol–water partition coefficient (Wildman–Crippen LogP) is 1.60. The summed E-state index contributed by atoms with van der Waals surface area (Å²) in [4.78, 5) is 23.9. The van der Waals surface area contributed by atoms with Crippen molar-refractivity contribution in [2.24, 2.45) is 5.92 Å². The van der Waals surface area contributed by atoms with Gasteiger partial charge in [-0.25, -0.2) is 0 Å². The lowest BCUT2D eigenvalue weighted by molar-refractivity contribution is -0.138. The molecule has 0 saturated carbocycles. The fourth-order valence-electron chi connectivity index (χ4n) is 4.54. The fraction of sp³-hybridized carbons (Fsp3) is 0.714. The van der Waals surface area contributed by atoms with Crippen LogP contribution in [0, 0.1) is 5.92 Å². The van der Waals surface area contributed by atoms with Gasteiger partial charge in [0.05, 0.1) is 12.5 Å². The lowest BCUT2D eigenvalue weighted by Gasteiger charge is -2.42. The molecule has 0 aromatic carbocycles. The number of carbonyl (C=O) groups excluding carboxylic acids is 1. The third-order valence-corrected chi connectivity index (χ3v) is 6.07. The van der Waals surface area contributed by atoms with Gasteiger partial charge in [0.2, 0.25) is 5.91 Å². The van der Waals surface area contributed by atoms with E-state index in [0.717, 1.165) is 45.6 Å². The second-order valence-electron chi connectivity index (χ2n) is 7.84. The lowest BCUT2D eigenvalue weighted by atomic mass is 9.92. The van der Waals surface area contributed by atoms with Crippen molar-refractivity contribution in [3.05, 3.63) is 30.1 Å². The molecule has 2 aliphatic rings. The summed E-state index contributed by atoms with van der Waals surface area (Å²) in [6, 6.07) is 4.74. The molecule has 3 rings (SSSR count). The molecular formula is C21H34N4O2. The molecule has 1 aromatic heterocycles. The number of likely N-dealkylation sites (tertiary alicyclic amines) is 2. The van der Waals surface area contributed by atoms with Crippen molar-refractivity contribution >= 4 is 5.91 Å². The Kier molecular flexibility index (Phi) is 7.61. The lowest BCUT2D eigenvalue weighted by Crippen LogP contribution is -2.51. The van der Waals surface area contributed by atoms with Crippen molar-refractivity contribution in [3.63, 3.8) is 0 Å². The SMILES string of the molecule is CCN(CCO)C(=O)[C@H]1CCCN(C2CCN(Cc3cccnc3)CC2)C1. The van der Waals surface area contributed by atoms with Crippen LogP contribution in [0.25, 0.3) is 0 Å². The van der Waals surface area contributed by atoms with E-state index in [2.05, 4.69) is 20.9 Å². The number of hydrogen-bond acceptors (Lipinski definition) is 5. The number of carbonyl (C=O) groups is 1. The van der Waals surface area contributed by atoms with E-state index in [9.17, 15) is 9.90 Å². The maximum absolute atomic E-state index is 12.8. The minimum Gasteiger partial charge on any atom is -0.395 e. The molecule has 0 bridgehead atoms. The number of nitrogens with zero attached hydrogens (tertiary/aromatic N) is 4. The molecule has 0 spiro atoms.